The summed E-state index contributed by atoms with van der Waals surface area (Å²) in [6.45, 7) is 15.1. The van der Waals surface area contributed by atoms with Crippen LogP contribution in [0.25, 0.3) is 0 Å². The molecule has 15 heavy (non-hydrogen) atoms. The molecule has 0 N–H and O–H groups in total. The van der Waals surface area contributed by atoms with E-state index in [2.05, 4.69) is 58.6 Å². The molecule has 0 aromatic heterocycles. The summed E-state index contributed by atoms with van der Waals surface area (Å²) in [5.41, 5.74) is 3.77. The van der Waals surface area contributed by atoms with Crippen molar-refractivity contribution < 1.29 is 0 Å². The topological polar surface area (TPSA) is 3.24 Å². The van der Waals surface area contributed by atoms with Gasteiger partial charge in [-0.2, -0.15) is 0 Å². The zero-order valence-corrected chi connectivity index (χ0v) is 10.9. The normalized spacial score (nSPS) is 26.7. The molecule has 1 nitrogen and oxygen atoms in total. The predicted octanol–water partition coefficient (Wildman–Crippen LogP) is 3.59. The van der Waals surface area contributed by atoms with Crippen LogP contribution in [-0.2, 0) is 0 Å². The van der Waals surface area contributed by atoms with Gasteiger partial charge in [0.1, 0.15) is 0 Å². The van der Waals surface area contributed by atoms with Gasteiger partial charge in [-0.1, -0.05) is 39.8 Å². The van der Waals surface area contributed by atoms with Crippen molar-refractivity contribution in [3.05, 3.63) is 23.4 Å². The zero-order chi connectivity index (χ0) is 11.4. The Morgan fingerprint density at radius 2 is 1.73 bits per heavy atom. The van der Waals surface area contributed by atoms with Crippen molar-refractivity contribution >= 4 is 0 Å². The molecule has 0 aromatic carbocycles. The van der Waals surface area contributed by atoms with Gasteiger partial charge < -0.3 is 4.90 Å². The van der Waals surface area contributed by atoms with Crippen LogP contribution in [0, 0.1) is 10.8 Å². The first-order valence-corrected chi connectivity index (χ1v) is 5.98. The summed E-state index contributed by atoms with van der Waals surface area (Å²) in [5.74, 6) is 0. The second-order valence-electron chi connectivity index (χ2n) is 6.16. The van der Waals surface area contributed by atoms with Gasteiger partial charge in [-0.05, 0) is 19.4 Å². The zero-order valence-electron chi connectivity index (χ0n) is 10.9. The molecule has 0 aromatic rings. The fourth-order valence-corrected chi connectivity index (χ4v) is 2.85. The molecule has 1 heteroatoms. The van der Waals surface area contributed by atoms with Crippen LogP contribution >= 0.6 is 0 Å². The molecular weight excluding hydrogens is 182 g/mol. The Kier molecular flexibility index (Phi) is 2.09. The van der Waals surface area contributed by atoms with Crippen molar-refractivity contribution in [1.82, 2.24) is 4.90 Å². The van der Waals surface area contributed by atoms with Gasteiger partial charge in [0.05, 0.1) is 0 Å². The van der Waals surface area contributed by atoms with E-state index < -0.39 is 0 Å². The minimum absolute atomic E-state index is 0.317. The average molecular weight is 205 g/mol. The smallest absolute Gasteiger partial charge is 0.0362 e. The van der Waals surface area contributed by atoms with Gasteiger partial charge in [0.2, 0.25) is 0 Å². The lowest BCUT2D eigenvalue weighted by molar-refractivity contribution is 0.0726. The first-order valence-electron chi connectivity index (χ1n) is 5.98. The average Bonchev–Trinajstić information content (AvgIpc) is 2.16. The minimum Gasteiger partial charge on any atom is -0.368 e. The third-order valence-corrected chi connectivity index (χ3v) is 4.58. The van der Waals surface area contributed by atoms with Crippen LogP contribution < -0.4 is 0 Å². The third-order valence-electron chi connectivity index (χ3n) is 4.58. The van der Waals surface area contributed by atoms with Crippen LogP contribution in [0.2, 0.25) is 0 Å². The first kappa shape index (κ1) is 10.8. The largest absolute Gasteiger partial charge is 0.368 e. The Morgan fingerprint density at radius 3 is 2.27 bits per heavy atom. The monoisotopic (exact) mass is 205 g/mol. The Morgan fingerprint density at radius 1 is 1.13 bits per heavy atom. The van der Waals surface area contributed by atoms with E-state index in [0.29, 0.717) is 16.9 Å². The van der Waals surface area contributed by atoms with Crippen molar-refractivity contribution in [3.63, 3.8) is 0 Å². The molecule has 0 spiro atoms. The highest BCUT2D eigenvalue weighted by molar-refractivity contribution is 5.49. The van der Waals surface area contributed by atoms with Crippen molar-refractivity contribution in [2.24, 2.45) is 10.8 Å². The van der Waals surface area contributed by atoms with E-state index in [9.17, 15) is 0 Å². The highest BCUT2D eigenvalue weighted by Crippen LogP contribution is 2.62. The summed E-state index contributed by atoms with van der Waals surface area (Å²) in [7, 11) is 0. The lowest BCUT2D eigenvalue weighted by Crippen LogP contribution is -2.54. The van der Waals surface area contributed by atoms with E-state index in [4.69, 9.17) is 0 Å². The minimum atomic E-state index is 0.317. The van der Waals surface area contributed by atoms with Crippen LogP contribution in [0.3, 0.4) is 0 Å². The first-order chi connectivity index (χ1) is 6.80. The molecule has 0 radical (unpaired) electrons. The summed E-state index contributed by atoms with van der Waals surface area (Å²) in [4.78, 5) is 2.54. The summed E-state index contributed by atoms with van der Waals surface area (Å²) in [6, 6.07) is 0.607. The second-order valence-corrected chi connectivity index (χ2v) is 6.16. The van der Waals surface area contributed by atoms with Gasteiger partial charge in [-0.3, -0.25) is 0 Å². The molecule has 0 fully saturated rings. The maximum Gasteiger partial charge on any atom is 0.0362 e. The molecule has 1 aliphatic heterocycles. The lowest BCUT2D eigenvalue weighted by atomic mass is 9.51. The van der Waals surface area contributed by atoms with Crippen LogP contribution in [-0.4, -0.2) is 17.5 Å². The summed E-state index contributed by atoms with van der Waals surface area (Å²) < 4.78 is 0. The van der Waals surface area contributed by atoms with E-state index >= 15 is 0 Å². The van der Waals surface area contributed by atoms with Crippen LogP contribution in [0.1, 0.15) is 41.5 Å². The Labute approximate surface area is 93.9 Å². The van der Waals surface area contributed by atoms with Crippen molar-refractivity contribution in [2.45, 2.75) is 47.6 Å². The number of rotatable bonds is 1. The highest BCUT2D eigenvalue weighted by Gasteiger charge is 2.55. The molecule has 1 heterocycles. The van der Waals surface area contributed by atoms with Gasteiger partial charge in [0.15, 0.2) is 0 Å². The molecule has 2 rings (SSSR count). The van der Waals surface area contributed by atoms with Crippen LogP contribution in [0.15, 0.2) is 23.4 Å². The van der Waals surface area contributed by atoms with Gasteiger partial charge in [0.25, 0.3) is 0 Å². The van der Waals surface area contributed by atoms with Gasteiger partial charge >= 0.3 is 0 Å². The summed E-state index contributed by atoms with van der Waals surface area (Å²) in [5, 5.41) is 0. The van der Waals surface area contributed by atoms with Gasteiger partial charge in [0, 0.05) is 29.1 Å². The van der Waals surface area contributed by atoms with E-state index in [1.165, 1.54) is 0 Å². The fraction of sp³-hybridized carbons (Fsp3) is 0.714. The molecule has 0 atom stereocenters. The van der Waals surface area contributed by atoms with E-state index in [-0.39, 0.29) is 0 Å². The van der Waals surface area contributed by atoms with Crippen LogP contribution in [0.4, 0.5) is 0 Å². The van der Waals surface area contributed by atoms with Gasteiger partial charge in [-0.25, -0.2) is 0 Å². The molecular formula is C14H23N. The highest BCUT2D eigenvalue weighted by atomic mass is 15.2. The maximum atomic E-state index is 2.54. The third kappa shape index (κ3) is 1.15. The van der Waals surface area contributed by atoms with Crippen LogP contribution in [0.5, 0.6) is 0 Å². The molecule has 0 bridgehead atoms. The molecule has 0 amide bonds. The summed E-state index contributed by atoms with van der Waals surface area (Å²) >= 11 is 0. The maximum absolute atomic E-state index is 2.54. The molecule has 1 aliphatic carbocycles. The predicted molar refractivity (Wildman–Crippen MR) is 65.6 cm³/mol. The van der Waals surface area contributed by atoms with Crippen molar-refractivity contribution in [2.75, 3.05) is 6.54 Å². The van der Waals surface area contributed by atoms with E-state index in [0.717, 1.165) is 6.54 Å². The molecule has 0 unspecified atom stereocenters. The molecule has 0 saturated carbocycles. The number of nitrogens with zero attached hydrogens (tertiary/aromatic N) is 1. The van der Waals surface area contributed by atoms with Gasteiger partial charge in [-0.15, -0.1) is 0 Å². The lowest BCUT2D eigenvalue weighted by Gasteiger charge is -2.60. The molecule has 84 valence electrons. The van der Waals surface area contributed by atoms with Crippen molar-refractivity contribution in [3.8, 4) is 0 Å². The SMILES string of the molecule is CC(C)N1CC=CC2=C1C(C)(C)C2(C)C. The molecule has 0 saturated heterocycles. The Hall–Kier alpha value is -0.720. The number of allylic oxidation sites excluding steroid dienone is 3. The van der Waals surface area contributed by atoms with Crippen molar-refractivity contribution in [1.29, 1.82) is 0 Å². The Bertz CT molecular complexity index is 342. The fourth-order valence-electron chi connectivity index (χ4n) is 2.85. The Balaban J connectivity index is 2.47. The van der Waals surface area contributed by atoms with E-state index in [1.807, 2.05) is 0 Å². The second kappa shape index (κ2) is 2.90. The number of hydrogen-bond acceptors (Lipinski definition) is 1. The molecule has 2 aliphatic rings. The number of hydrogen-bond donors (Lipinski definition) is 0. The quantitative estimate of drug-likeness (QED) is 0.632. The summed E-state index contributed by atoms with van der Waals surface area (Å²) in [6.07, 6.45) is 4.63. The standard InChI is InChI=1S/C14H23N/c1-10(2)15-9-7-8-11-12(15)14(5,6)13(11,3)4/h7-8,10H,9H2,1-6H3. The van der Waals surface area contributed by atoms with E-state index in [1.54, 1.807) is 11.3 Å².